The number of hydrogen-bond donors (Lipinski definition) is 1. The molecule has 9 heteroatoms. The van der Waals surface area contributed by atoms with Gasteiger partial charge in [-0.3, -0.25) is 14.9 Å². The van der Waals surface area contributed by atoms with Crippen LogP contribution in [0.2, 0.25) is 0 Å². The fraction of sp³-hybridized carbons (Fsp3) is 0.158. The van der Waals surface area contributed by atoms with E-state index in [0.717, 1.165) is 5.56 Å². The highest BCUT2D eigenvalue weighted by Crippen LogP contribution is 2.36. The van der Waals surface area contributed by atoms with Gasteiger partial charge in [-0.25, -0.2) is 0 Å². The molecule has 1 amide bonds. The first-order valence-corrected chi connectivity index (χ1v) is 8.41. The van der Waals surface area contributed by atoms with Gasteiger partial charge in [0, 0.05) is 28.8 Å². The lowest BCUT2D eigenvalue weighted by Gasteiger charge is -2.06. The number of amides is 1. The minimum Gasteiger partial charge on any atom is -0.454 e. The zero-order valence-electron chi connectivity index (χ0n) is 14.8. The number of carbonyl (C=O) groups is 1. The Morgan fingerprint density at radius 2 is 2.04 bits per heavy atom. The molecule has 1 N–H and O–H groups in total. The molecule has 28 heavy (non-hydrogen) atoms. The molecule has 2 heterocycles. The standard InChI is InChI=1S/C19H15N3O6/c1-11-14(3-2-4-15(11)22(24)25)19(23)20-9-13-8-17(28-21-13)12-5-6-16-18(7-12)27-10-26-16/h2-8H,9-10H2,1H3,(H,20,23). The number of carbonyl (C=O) groups excluding carboxylic acids is 1. The average Bonchev–Trinajstić information content (AvgIpc) is 3.34. The lowest BCUT2D eigenvalue weighted by Crippen LogP contribution is -2.24. The van der Waals surface area contributed by atoms with E-state index in [4.69, 9.17) is 14.0 Å². The summed E-state index contributed by atoms with van der Waals surface area (Å²) in [6.07, 6.45) is 0. The Morgan fingerprint density at radius 3 is 2.86 bits per heavy atom. The first kappa shape index (κ1) is 17.5. The van der Waals surface area contributed by atoms with Crippen LogP contribution in [0.5, 0.6) is 11.5 Å². The molecule has 0 saturated carbocycles. The minimum absolute atomic E-state index is 0.0980. The molecule has 3 aromatic rings. The van der Waals surface area contributed by atoms with Crippen molar-refractivity contribution in [3.05, 3.63) is 69.4 Å². The molecule has 0 unspecified atom stereocenters. The molecule has 0 bridgehead atoms. The highest BCUT2D eigenvalue weighted by molar-refractivity contribution is 5.96. The molecule has 0 aliphatic carbocycles. The molecule has 0 atom stereocenters. The molecule has 0 fully saturated rings. The van der Waals surface area contributed by atoms with Crippen molar-refractivity contribution >= 4 is 11.6 Å². The summed E-state index contributed by atoms with van der Waals surface area (Å²) < 4.78 is 16.0. The van der Waals surface area contributed by atoms with E-state index >= 15 is 0 Å². The molecule has 1 aliphatic heterocycles. The van der Waals surface area contributed by atoms with Gasteiger partial charge in [0.25, 0.3) is 11.6 Å². The number of nitrogens with one attached hydrogen (secondary N) is 1. The lowest BCUT2D eigenvalue weighted by molar-refractivity contribution is -0.385. The fourth-order valence-electron chi connectivity index (χ4n) is 2.91. The maximum Gasteiger partial charge on any atom is 0.273 e. The van der Waals surface area contributed by atoms with Gasteiger partial charge in [0.05, 0.1) is 11.5 Å². The first-order valence-electron chi connectivity index (χ1n) is 8.41. The minimum atomic E-state index is -0.513. The number of nitro groups is 1. The molecule has 2 aromatic carbocycles. The molecule has 4 rings (SSSR count). The summed E-state index contributed by atoms with van der Waals surface area (Å²) in [4.78, 5) is 22.9. The molecule has 1 aromatic heterocycles. The molecule has 1 aliphatic rings. The third-order valence-corrected chi connectivity index (χ3v) is 4.39. The van der Waals surface area contributed by atoms with Gasteiger partial charge in [0.2, 0.25) is 6.79 Å². The molecule has 142 valence electrons. The number of hydrogen-bond acceptors (Lipinski definition) is 7. The van der Waals surface area contributed by atoms with Gasteiger partial charge >= 0.3 is 0 Å². The van der Waals surface area contributed by atoms with Gasteiger partial charge in [-0.1, -0.05) is 11.2 Å². The highest BCUT2D eigenvalue weighted by atomic mass is 16.7. The predicted octanol–water partition coefficient (Wildman–Crippen LogP) is 3.22. The molecule has 0 spiro atoms. The number of aromatic nitrogens is 1. The van der Waals surface area contributed by atoms with Crippen molar-refractivity contribution in [2.75, 3.05) is 6.79 Å². The van der Waals surface area contributed by atoms with Crippen LogP contribution < -0.4 is 14.8 Å². The summed E-state index contributed by atoms with van der Waals surface area (Å²) in [7, 11) is 0. The van der Waals surface area contributed by atoms with Gasteiger partial charge in [0.1, 0.15) is 5.69 Å². The SMILES string of the molecule is Cc1c(C(=O)NCc2cc(-c3ccc4c(c3)OCO4)on2)cccc1[N+](=O)[O-]. The molecular weight excluding hydrogens is 366 g/mol. The number of benzene rings is 2. The second-order valence-electron chi connectivity index (χ2n) is 6.14. The van der Waals surface area contributed by atoms with E-state index in [-0.39, 0.29) is 24.6 Å². The Hall–Kier alpha value is -3.88. The van der Waals surface area contributed by atoms with E-state index in [9.17, 15) is 14.9 Å². The summed E-state index contributed by atoms with van der Waals surface area (Å²) in [5.41, 5.74) is 1.74. The topological polar surface area (TPSA) is 117 Å². The Bertz CT molecular complexity index is 1080. The van der Waals surface area contributed by atoms with Crippen LogP contribution in [0.25, 0.3) is 11.3 Å². The fourth-order valence-corrected chi connectivity index (χ4v) is 2.91. The lowest BCUT2D eigenvalue weighted by atomic mass is 10.1. The van der Waals surface area contributed by atoms with Crippen LogP contribution in [0.15, 0.2) is 47.0 Å². The van der Waals surface area contributed by atoms with Crippen LogP contribution in [-0.4, -0.2) is 22.8 Å². The zero-order chi connectivity index (χ0) is 19.7. The summed E-state index contributed by atoms with van der Waals surface area (Å²) >= 11 is 0. The number of rotatable bonds is 5. The quantitative estimate of drug-likeness (QED) is 0.533. The number of nitrogens with zero attached hydrogens (tertiary/aromatic N) is 2. The van der Waals surface area contributed by atoms with E-state index in [1.807, 2.05) is 6.07 Å². The van der Waals surface area contributed by atoms with Crippen LogP contribution in [0.4, 0.5) is 5.69 Å². The van der Waals surface area contributed by atoms with Crippen molar-refractivity contribution in [3.8, 4) is 22.8 Å². The van der Waals surface area contributed by atoms with E-state index in [1.165, 1.54) is 12.1 Å². The van der Waals surface area contributed by atoms with Crippen LogP contribution in [0.3, 0.4) is 0 Å². The van der Waals surface area contributed by atoms with Crippen molar-refractivity contribution in [3.63, 3.8) is 0 Å². The van der Waals surface area contributed by atoms with Crippen LogP contribution in [-0.2, 0) is 6.54 Å². The summed E-state index contributed by atoms with van der Waals surface area (Å²) in [5, 5.41) is 17.7. The smallest absolute Gasteiger partial charge is 0.273 e. The van der Waals surface area contributed by atoms with Crippen LogP contribution in [0.1, 0.15) is 21.6 Å². The number of fused-ring (bicyclic) bond motifs is 1. The second kappa shape index (κ2) is 7.03. The van der Waals surface area contributed by atoms with E-state index in [1.54, 1.807) is 31.2 Å². The van der Waals surface area contributed by atoms with Gasteiger partial charge in [-0.05, 0) is 31.2 Å². The zero-order valence-corrected chi connectivity index (χ0v) is 14.8. The maximum atomic E-state index is 12.4. The second-order valence-corrected chi connectivity index (χ2v) is 6.14. The number of ether oxygens (including phenoxy) is 2. The summed E-state index contributed by atoms with van der Waals surface area (Å²) in [5.74, 6) is 1.40. The van der Waals surface area contributed by atoms with E-state index < -0.39 is 10.8 Å². The Morgan fingerprint density at radius 1 is 1.21 bits per heavy atom. The Labute approximate surface area is 159 Å². The summed E-state index contributed by atoms with van der Waals surface area (Å²) in [6.45, 7) is 1.85. The van der Waals surface area contributed by atoms with Gasteiger partial charge in [0.15, 0.2) is 17.3 Å². The average molecular weight is 381 g/mol. The third kappa shape index (κ3) is 3.25. The Kier molecular flexibility index (Phi) is 4.40. The first-order chi connectivity index (χ1) is 13.5. The molecule has 9 nitrogen and oxygen atoms in total. The van der Waals surface area contributed by atoms with Crippen molar-refractivity contribution in [2.24, 2.45) is 0 Å². The Balaban J connectivity index is 1.46. The predicted molar refractivity (Wildman–Crippen MR) is 97.1 cm³/mol. The maximum absolute atomic E-state index is 12.4. The van der Waals surface area contributed by atoms with E-state index in [2.05, 4.69) is 10.5 Å². The normalized spacial score (nSPS) is 12.0. The molecule has 0 radical (unpaired) electrons. The molecular formula is C19H15N3O6. The van der Waals surface area contributed by atoms with Crippen molar-refractivity contribution in [2.45, 2.75) is 13.5 Å². The largest absolute Gasteiger partial charge is 0.454 e. The monoisotopic (exact) mass is 381 g/mol. The van der Waals surface area contributed by atoms with E-state index in [0.29, 0.717) is 28.5 Å². The highest BCUT2D eigenvalue weighted by Gasteiger charge is 2.19. The van der Waals surface area contributed by atoms with Crippen LogP contribution in [0, 0.1) is 17.0 Å². The van der Waals surface area contributed by atoms with Crippen molar-refractivity contribution in [1.82, 2.24) is 10.5 Å². The number of nitro benzene ring substituents is 1. The molecule has 0 saturated heterocycles. The van der Waals surface area contributed by atoms with Gasteiger partial charge in [-0.15, -0.1) is 0 Å². The van der Waals surface area contributed by atoms with Gasteiger partial charge in [-0.2, -0.15) is 0 Å². The van der Waals surface area contributed by atoms with Crippen molar-refractivity contribution in [1.29, 1.82) is 0 Å². The summed E-state index contributed by atoms with van der Waals surface area (Å²) in [6, 6.07) is 11.5. The van der Waals surface area contributed by atoms with Crippen LogP contribution >= 0.6 is 0 Å². The van der Waals surface area contributed by atoms with Gasteiger partial charge < -0.3 is 19.3 Å². The third-order valence-electron chi connectivity index (χ3n) is 4.39. The van der Waals surface area contributed by atoms with Crippen molar-refractivity contribution < 1.29 is 23.7 Å².